The fourth-order valence-corrected chi connectivity index (χ4v) is 3.78. The van der Waals surface area contributed by atoms with Crippen molar-refractivity contribution in [2.75, 3.05) is 13.6 Å². The van der Waals surface area contributed by atoms with Crippen LogP contribution in [0, 0.1) is 12.8 Å². The fraction of sp³-hybridized carbons (Fsp3) is 0.688. The molecule has 0 aromatic carbocycles. The standard InChI is InChI=1S/C16H26N4O2S/c1-10(15-18-9-11(2)23-15)8-19-16(22)20-13-7-5-4-6-12(13)14(21)17-3/h9-10,12-13H,4-8H2,1-3H3,(H,17,21)(H2,19,20,22)/t10-,12-,13+/m1/s1. The fourth-order valence-electron chi connectivity index (χ4n) is 2.96. The molecule has 1 saturated carbocycles. The van der Waals surface area contributed by atoms with Crippen LogP contribution in [0.25, 0.3) is 0 Å². The largest absolute Gasteiger partial charge is 0.359 e. The maximum atomic E-state index is 12.1. The monoisotopic (exact) mass is 338 g/mol. The summed E-state index contributed by atoms with van der Waals surface area (Å²) in [5, 5.41) is 9.59. The lowest BCUT2D eigenvalue weighted by atomic mass is 9.84. The molecule has 3 N–H and O–H groups in total. The number of nitrogens with zero attached hydrogens (tertiary/aromatic N) is 1. The van der Waals surface area contributed by atoms with Crippen molar-refractivity contribution in [1.29, 1.82) is 0 Å². The topological polar surface area (TPSA) is 83.1 Å². The Kier molecular flexibility index (Phi) is 6.38. The minimum atomic E-state index is -0.203. The zero-order valence-electron chi connectivity index (χ0n) is 14.0. The van der Waals surface area contributed by atoms with Crippen molar-refractivity contribution in [3.05, 3.63) is 16.1 Å². The second kappa shape index (κ2) is 8.29. The maximum Gasteiger partial charge on any atom is 0.315 e. The van der Waals surface area contributed by atoms with Crippen LogP contribution in [0.15, 0.2) is 6.20 Å². The highest BCUT2D eigenvalue weighted by atomic mass is 32.1. The predicted molar refractivity (Wildman–Crippen MR) is 91.6 cm³/mol. The second-order valence-electron chi connectivity index (χ2n) is 6.18. The zero-order valence-corrected chi connectivity index (χ0v) is 14.8. The van der Waals surface area contributed by atoms with E-state index in [0.29, 0.717) is 6.54 Å². The molecule has 1 heterocycles. The number of carbonyl (C=O) groups is 2. The summed E-state index contributed by atoms with van der Waals surface area (Å²) in [6.45, 7) is 4.61. The highest BCUT2D eigenvalue weighted by Crippen LogP contribution is 2.24. The molecule has 3 amide bonds. The molecule has 1 aromatic heterocycles. The van der Waals surface area contributed by atoms with E-state index in [0.717, 1.165) is 30.7 Å². The van der Waals surface area contributed by atoms with Gasteiger partial charge in [0.25, 0.3) is 0 Å². The first-order chi connectivity index (χ1) is 11.0. The molecule has 3 atom stereocenters. The summed E-state index contributed by atoms with van der Waals surface area (Å²) in [7, 11) is 1.64. The molecule has 1 aliphatic carbocycles. The van der Waals surface area contributed by atoms with Crippen molar-refractivity contribution >= 4 is 23.3 Å². The van der Waals surface area contributed by atoms with E-state index < -0.39 is 0 Å². The van der Waals surface area contributed by atoms with Crippen molar-refractivity contribution < 1.29 is 9.59 Å². The van der Waals surface area contributed by atoms with Gasteiger partial charge in [-0.15, -0.1) is 11.3 Å². The highest BCUT2D eigenvalue weighted by Gasteiger charge is 2.31. The molecule has 0 bridgehead atoms. The van der Waals surface area contributed by atoms with E-state index in [9.17, 15) is 9.59 Å². The minimum absolute atomic E-state index is 0.0154. The first-order valence-corrected chi connectivity index (χ1v) is 9.01. The van der Waals surface area contributed by atoms with Crippen LogP contribution in [0.4, 0.5) is 4.79 Å². The van der Waals surface area contributed by atoms with Gasteiger partial charge in [0.1, 0.15) is 0 Å². The molecule has 1 aromatic rings. The number of thiazole rings is 1. The first-order valence-electron chi connectivity index (χ1n) is 8.19. The van der Waals surface area contributed by atoms with Gasteiger partial charge in [0, 0.05) is 36.6 Å². The Labute approximate surface area is 141 Å². The van der Waals surface area contributed by atoms with Crippen molar-refractivity contribution in [2.24, 2.45) is 5.92 Å². The molecule has 2 rings (SSSR count). The number of nitrogens with one attached hydrogen (secondary N) is 3. The lowest BCUT2D eigenvalue weighted by Gasteiger charge is -2.31. The van der Waals surface area contributed by atoms with Crippen molar-refractivity contribution in [2.45, 2.75) is 51.5 Å². The number of urea groups is 1. The maximum absolute atomic E-state index is 12.1. The Morgan fingerprint density at radius 1 is 1.39 bits per heavy atom. The number of hydrogen-bond donors (Lipinski definition) is 3. The molecule has 6 nitrogen and oxygen atoms in total. The average Bonchev–Trinajstić information content (AvgIpc) is 2.99. The quantitative estimate of drug-likeness (QED) is 0.769. The van der Waals surface area contributed by atoms with Gasteiger partial charge in [-0.25, -0.2) is 9.78 Å². The van der Waals surface area contributed by atoms with Crippen LogP contribution in [-0.4, -0.2) is 36.6 Å². The Morgan fingerprint density at radius 3 is 2.78 bits per heavy atom. The van der Waals surface area contributed by atoms with E-state index in [1.807, 2.05) is 20.0 Å². The smallest absolute Gasteiger partial charge is 0.315 e. The molecule has 1 aliphatic rings. The molecule has 0 saturated heterocycles. The van der Waals surface area contributed by atoms with E-state index in [2.05, 4.69) is 20.9 Å². The molecule has 0 spiro atoms. The lowest BCUT2D eigenvalue weighted by molar-refractivity contribution is -0.126. The number of carbonyl (C=O) groups excluding carboxylic acids is 2. The van der Waals surface area contributed by atoms with Crippen molar-refractivity contribution in [3.8, 4) is 0 Å². The van der Waals surface area contributed by atoms with Crippen LogP contribution in [0.5, 0.6) is 0 Å². The van der Waals surface area contributed by atoms with Gasteiger partial charge in [0.15, 0.2) is 0 Å². The zero-order chi connectivity index (χ0) is 16.8. The Morgan fingerprint density at radius 2 is 2.13 bits per heavy atom. The first kappa shape index (κ1) is 17.7. The number of aryl methyl sites for hydroxylation is 1. The summed E-state index contributed by atoms with van der Waals surface area (Å²) in [6.07, 6.45) is 5.63. The van der Waals surface area contributed by atoms with Gasteiger partial charge in [0.2, 0.25) is 5.91 Å². The van der Waals surface area contributed by atoms with E-state index in [1.54, 1.807) is 18.4 Å². The number of rotatable bonds is 5. The number of hydrogen-bond acceptors (Lipinski definition) is 4. The van der Waals surface area contributed by atoms with Crippen LogP contribution in [0.1, 0.15) is 48.4 Å². The van der Waals surface area contributed by atoms with Gasteiger partial charge in [-0.3, -0.25) is 4.79 Å². The highest BCUT2D eigenvalue weighted by molar-refractivity contribution is 7.11. The third-order valence-corrected chi connectivity index (χ3v) is 5.44. The number of amides is 3. The van der Waals surface area contributed by atoms with Crippen molar-refractivity contribution in [1.82, 2.24) is 20.9 Å². The molecule has 7 heteroatoms. The summed E-state index contributed by atoms with van der Waals surface area (Å²) in [5.41, 5.74) is 0. The molecule has 0 radical (unpaired) electrons. The summed E-state index contributed by atoms with van der Waals surface area (Å²) in [5.74, 6) is 0.0701. The molecule has 0 unspecified atom stereocenters. The summed E-state index contributed by atoms with van der Waals surface area (Å²) < 4.78 is 0. The van der Waals surface area contributed by atoms with Crippen LogP contribution in [0.2, 0.25) is 0 Å². The van der Waals surface area contributed by atoms with Crippen LogP contribution < -0.4 is 16.0 Å². The number of aromatic nitrogens is 1. The van der Waals surface area contributed by atoms with E-state index in [4.69, 9.17) is 0 Å². The summed E-state index contributed by atoms with van der Waals surface area (Å²) in [6, 6.07) is -0.285. The second-order valence-corrected chi connectivity index (χ2v) is 7.44. The van der Waals surface area contributed by atoms with Gasteiger partial charge in [-0.05, 0) is 19.8 Å². The third-order valence-electron chi connectivity index (χ3n) is 4.30. The van der Waals surface area contributed by atoms with E-state index in [1.165, 1.54) is 4.88 Å². The van der Waals surface area contributed by atoms with Gasteiger partial charge in [-0.2, -0.15) is 0 Å². The average molecular weight is 338 g/mol. The summed E-state index contributed by atoms with van der Waals surface area (Å²) in [4.78, 5) is 29.6. The van der Waals surface area contributed by atoms with Crippen LogP contribution in [0.3, 0.4) is 0 Å². The van der Waals surface area contributed by atoms with Crippen LogP contribution in [-0.2, 0) is 4.79 Å². The van der Waals surface area contributed by atoms with E-state index >= 15 is 0 Å². The Balaban J connectivity index is 1.82. The molecule has 23 heavy (non-hydrogen) atoms. The van der Waals surface area contributed by atoms with Gasteiger partial charge >= 0.3 is 6.03 Å². The normalized spacial score (nSPS) is 22.2. The molecule has 1 fully saturated rings. The Hall–Kier alpha value is -1.63. The van der Waals surface area contributed by atoms with Gasteiger partial charge < -0.3 is 16.0 Å². The van der Waals surface area contributed by atoms with E-state index in [-0.39, 0.29) is 29.8 Å². The van der Waals surface area contributed by atoms with Gasteiger partial charge in [0.05, 0.1) is 10.9 Å². The molecule has 0 aliphatic heterocycles. The van der Waals surface area contributed by atoms with Crippen LogP contribution >= 0.6 is 11.3 Å². The van der Waals surface area contributed by atoms with Crippen molar-refractivity contribution in [3.63, 3.8) is 0 Å². The molecular formula is C16H26N4O2S. The third kappa shape index (κ3) is 4.92. The molecule has 128 valence electrons. The lowest BCUT2D eigenvalue weighted by Crippen LogP contribution is -2.51. The Bertz CT molecular complexity index is 546. The SMILES string of the molecule is CNC(=O)[C@@H]1CCCC[C@@H]1NC(=O)NC[C@@H](C)c1ncc(C)s1. The van der Waals surface area contributed by atoms with Gasteiger partial charge in [-0.1, -0.05) is 19.8 Å². The summed E-state index contributed by atoms with van der Waals surface area (Å²) >= 11 is 1.65. The predicted octanol–water partition coefficient (Wildman–Crippen LogP) is 2.16. The minimum Gasteiger partial charge on any atom is -0.359 e. The molecular weight excluding hydrogens is 312 g/mol.